The molecule has 0 aliphatic carbocycles. The van der Waals surface area contributed by atoms with E-state index < -0.39 is 24.5 Å². The molecule has 0 N–H and O–H groups in total. The van der Waals surface area contributed by atoms with Gasteiger partial charge in [0.05, 0.1) is 11.8 Å². The van der Waals surface area contributed by atoms with Gasteiger partial charge in [-0.05, 0) is 84.7 Å². The van der Waals surface area contributed by atoms with Crippen LogP contribution in [-0.4, -0.2) is 15.0 Å². The van der Waals surface area contributed by atoms with Crippen LogP contribution in [-0.2, 0) is 32.9 Å². The zero-order chi connectivity index (χ0) is 38.3. The summed E-state index contributed by atoms with van der Waals surface area (Å²) in [5.74, 6) is -0.455. The molecule has 0 atom stereocenters. The monoisotopic (exact) mass is 831 g/mol. The fraction of sp³-hybridized carbons (Fsp3) is 0.233. The molecule has 4 nitrogen and oxygen atoms in total. The number of hydrogen-bond donors (Lipinski definition) is 0. The van der Waals surface area contributed by atoms with Crippen molar-refractivity contribution in [2.24, 2.45) is 5.41 Å². The Bertz CT molecular complexity index is 2420. The van der Waals surface area contributed by atoms with E-state index >= 15 is 0 Å². The average Bonchev–Trinajstić information content (AvgIpc) is 3.49. The molecule has 0 spiro atoms. The largest absolute Gasteiger partial charge is 0.486 e. The van der Waals surface area contributed by atoms with Crippen LogP contribution < -0.4 is 0 Å². The molecule has 7 rings (SSSR count). The number of halogens is 1. The van der Waals surface area contributed by atoms with Gasteiger partial charge in [0.15, 0.2) is 0 Å². The van der Waals surface area contributed by atoms with Gasteiger partial charge in [0.25, 0.3) is 0 Å². The first-order chi connectivity index (χ1) is 24.9. The number of rotatable bonds is 5. The molecule has 251 valence electrons. The number of aromatic nitrogens is 3. The summed E-state index contributed by atoms with van der Waals surface area (Å²) in [5, 5.41) is 1.40. The van der Waals surface area contributed by atoms with Crippen LogP contribution in [0.5, 0.6) is 0 Å². The van der Waals surface area contributed by atoms with Crippen molar-refractivity contribution in [2.45, 2.75) is 61.2 Å². The average molecular weight is 831 g/mol. The van der Waals surface area contributed by atoms with Crippen molar-refractivity contribution in [3.05, 3.63) is 148 Å². The van der Waals surface area contributed by atoms with E-state index in [2.05, 4.69) is 66.1 Å². The minimum Gasteiger partial charge on any atom is -0.486 e. The molecule has 3 aromatic carbocycles. The zero-order valence-corrected chi connectivity index (χ0v) is 30.7. The normalized spacial score (nSPS) is 13.3. The number of furan rings is 1. The summed E-state index contributed by atoms with van der Waals surface area (Å²) in [5.41, 5.74) is 8.61. The quantitative estimate of drug-likeness (QED) is 0.162. The molecule has 0 fully saturated rings. The molecule has 1 radical (unpaired) electrons. The third-order valence-corrected chi connectivity index (χ3v) is 7.97. The van der Waals surface area contributed by atoms with Gasteiger partial charge in [0, 0.05) is 44.2 Å². The number of fused-ring (bicyclic) bond motifs is 3. The van der Waals surface area contributed by atoms with E-state index in [1.54, 1.807) is 30.3 Å². The molecule has 0 saturated heterocycles. The molecule has 7 aromatic rings. The molecule has 0 bridgehead atoms. The van der Waals surface area contributed by atoms with Crippen molar-refractivity contribution in [3.8, 4) is 22.5 Å². The molecule has 4 heterocycles. The van der Waals surface area contributed by atoms with Gasteiger partial charge in [-0.3, -0.25) is 0 Å². The van der Waals surface area contributed by atoms with Gasteiger partial charge in [-0.25, -0.2) is 9.37 Å². The maximum atomic E-state index is 14.8. The zero-order valence-electron chi connectivity index (χ0n) is 33.3. The first-order valence-electron chi connectivity index (χ1n) is 18.3. The summed E-state index contributed by atoms with van der Waals surface area (Å²) in [6, 6.07) is 30.1. The standard InChI is InChI=1S/C29H26FN2O.C14H14N.Ir/c1-18-8-13-23-22-6-5-7-24(27(22)33-28(23)32-18)26-15-21(25(30)17-31-26)14-19-9-11-20(12-10-19)16-29(2,3)4;1-10-4-6-13(7-5-10)14-8-11(2)12(3)9-15-14;/h5-6,8-13,15,17H,14,16H2,1-4H3;4-6,8-9H,1-3H3;/q2*-1;/i1D3,16D2;;. The maximum Gasteiger partial charge on any atom is 0.216 e. The molecule has 6 heteroatoms. The number of nitrogens with zero attached hydrogens (tertiary/aromatic N) is 3. The van der Waals surface area contributed by atoms with Crippen LogP contribution in [0.4, 0.5) is 4.39 Å². The Morgan fingerprint density at radius 1 is 0.837 bits per heavy atom. The van der Waals surface area contributed by atoms with E-state index in [1.807, 2.05) is 51.2 Å². The fourth-order valence-electron chi connectivity index (χ4n) is 5.36. The van der Waals surface area contributed by atoms with Crippen molar-refractivity contribution in [1.82, 2.24) is 15.0 Å². The second-order valence-corrected chi connectivity index (χ2v) is 13.1. The SMILES string of the molecule is Cc1c[c-]c(-c2cc(C)c(C)cn2)cc1.[2H]C([2H])([2H])c1ccc2c(n1)oc1c(-c3cc(Cc4ccc(C([2H])([2H])C(C)(C)C)cc4)c(F)cn3)[c-]ccc12.[Ir]. The number of benzene rings is 3. The molecule has 0 saturated carbocycles. The second-order valence-electron chi connectivity index (χ2n) is 13.1. The first-order valence-corrected chi connectivity index (χ1v) is 15.8. The van der Waals surface area contributed by atoms with E-state index in [0.29, 0.717) is 39.8 Å². The molecule has 0 aliphatic heterocycles. The molecule has 0 amide bonds. The predicted octanol–water partition coefficient (Wildman–Crippen LogP) is 10.9. The maximum absolute atomic E-state index is 14.8. The van der Waals surface area contributed by atoms with Crippen LogP contribution in [0.1, 0.15) is 66.7 Å². The van der Waals surface area contributed by atoms with E-state index in [-0.39, 0.29) is 31.5 Å². The predicted molar refractivity (Wildman–Crippen MR) is 193 cm³/mol. The van der Waals surface area contributed by atoms with Gasteiger partial charge in [0.1, 0.15) is 5.82 Å². The third kappa shape index (κ3) is 8.57. The van der Waals surface area contributed by atoms with Crippen LogP contribution in [0, 0.1) is 51.0 Å². The Labute approximate surface area is 309 Å². The van der Waals surface area contributed by atoms with Crippen LogP contribution in [0.25, 0.3) is 44.6 Å². The number of hydrogen-bond acceptors (Lipinski definition) is 4. The van der Waals surface area contributed by atoms with Gasteiger partial charge >= 0.3 is 0 Å². The Hall–Kier alpha value is -4.51. The second kappa shape index (κ2) is 14.9. The van der Waals surface area contributed by atoms with E-state index in [1.165, 1.54) is 22.8 Å². The van der Waals surface area contributed by atoms with Gasteiger partial charge in [-0.15, -0.1) is 53.6 Å². The van der Waals surface area contributed by atoms with Crippen LogP contribution in [0.2, 0.25) is 0 Å². The number of aryl methyl sites for hydroxylation is 4. The fourth-order valence-corrected chi connectivity index (χ4v) is 5.36. The van der Waals surface area contributed by atoms with Crippen molar-refractivity contribution in [3.63, 3.8) is 0 Å². The molecule has 4 aromatic heterocycles. The minimum atomic E-state index is -2.36. The van der Waals surface area contributed by atoms with Crippen molar-refractivity contribution >= 4 is 22.1 Å². The molecule has 0 aliphatic rings. The van der Waals surface area contributed by atoms with Gasteiger partial charge in [-0.1, -0.05) is 80.6 Å². The van der Waals surface area contributed by atoms with E-state index in [4.69, 9.17) is 11.3 Å². The molecule has 49 heavy (non-hydrogen) atoms. The summed E-state index contributed by atoms with van der Waals surface area (Å²) < 4.78 is 60.6. The van der Waals surface area contributed by atoms with Gasteiger partial charge in [0.2, 0.25) is 5.71 Å². The summed E-state index contributed by atoms with van der Waals surface area (Å²) in [6.07, 6.45) is 1.86. The van der Waals surface area contributed by atoms with Crippen molar-refractivity contribution in [1.29, 1.82) is 0 Å². The number of pyridine rings is 3. The minimum absolute atomic E-state index is 0. The van der Waals surface area contributed by atoms with Crippen LogP contribution in [0.3, 0.4) is 0 Å². The van der Waals surface area contributed by atoms with Gasteiger partial charge in [-0.2, -0.15) is 0 Å². The van der Waals surface area contributed by atoms with Crippen LogP contribution in [0.15, 0.2) is 95.7 Å². The Morgan fingerprint density at radius 3 is 2.29 bits per heavy atom. The Balaban J connectivity index is 0.000000293. The smallest absolute Gasteiger partial charge is 0.216 e. The van der Waals surface area contributed by atoms with E-state index in [9.17, 15) is 4.39 Å². The molecule has 0 unspecified atom stereocenters. The topological polar surface area (TPSA) is 51.8 Å². The summed E-state index contributed by atoms with van der Waals surface area (Å²) in [4.78, 5) is 12.9. The van der Waals surface area contributed by atoms with Crippen molar-refractivity contribution in [2.75, 3.05) is 0 Å². The first kappa shape index (κ1) is 29.4. The molecular weight excluding hydrogens is 786 g/mol. The summed E-state index contributed by atoms with van der Waals surface area (Å²) >= 11 is 0. The molecular formula is C43H40FIrN3O-2. The third-order valence-electron chi connectivity index (χ3n) is 7.97. The van der Waals surface area contributed by atoms with Gasteiger partial charge < -0.3 is 14.4 Å². The Kier molecular flexibility index (Phi) is 8.97. The van der Waals surface area contributed by atoms with E-state index in [0.717, 1.165) is 28.4 Å². The Morgan fingerprint density at radius 2 is 1.59 bits per heavy atom. The summed E-state index contributed by atoms with van der Waals surface area (Å²) in [6.45, 7) is 9.46. The summed E-state index contributed by atoms with van der Waals surface area (Å²) in [7, 11) is 0. The van der Waals surface area contributed by atoms with Crippen LogP contribution >= 0.6 is 0 Å². The van der Waals surface area contributed by atoms with Crippen molar-refractivity contribution < 1.29 is 35.8 Å².